The first kappa shape index (κ1) is 6.09. The molecule has 0 saturated carbocycles. The topological polar surface area (TPSA) is 0 Å². The molecule has 1 heteroatoms. The maximum atomic E-state index is 4.79. The second-order valence-corrected chi connectivity index (χ2v) is 1.97. The molecule has 0 aliphatic heterocycles. The van der Waals surface area contributed by atoms with Crippen molar-refractivity contribution in [2.24, 2.45) is 0 Å². The molecule has 0 bridgehead atoms. The van der Waals surface area contributed by atoms with Gasteiger partial charge in [0, 0.05) is 5.25 Å². The smallest absolute Gasteiger partial charge is 0.0302 e. The van der Waals surface area contributed by atoms with Crippen molar-refractivity contribution in [1.82, 2.24) is 0 Å². The molecule has 0 amide bonds. The lowest BCUT2D eigenvalue weighted by atomic mass is 10.4. The highest BCUT2D eigenvalue weighted by Crippen LogP contribution is 1.91. The Morgan fingerprint density at radius 1 is 1.67 bits per heavy atom. The molecule has 0 aromatic rings. The summed E-state index contributed by atoms with van der Waals surface area (Å²) < 4.78 is 0. The fourth-order valence-electron chi connectivity index (χ4n) is 0.271. The molecule has 0 aliphatic rings. The Labute approximate surface area is 44.7 Å². The first-order valence-electron chi connectivity index (χ1n) is 2.06. The van der Waals surface area contributed by atoms with Gasteiger partial charge in [-0.05, 0) is 13.8 Å². The SMILES string of the molecule is C/C=C/C(C)[S]. The van der Waals surface area contributed by atoms with Crippen LogP contribution in [0.3, 0.4) is 0 Å². The van der Waals surface area contributed by atoms with Crippen molar-refractivity contribution >= 4 is 12.6 Å². The standard InChI is InChI=1S/C5H9S/c1-3-4-5(2)6/h3-5H,1-2H3/b4-3+. The lowest BCUT2D eigenvalue weighted by Crippen LogP contribution is -1.77. The molecule has 6 heavy (non-hydrogen) atoms. The number of rotatable bonds is 1. The third-order valence-corrected chi connectivity index (χ3v) is 0.621. The summed E-state index contributed by atoms with van der Waals surface area (Å²) in [4.78, 5) is 0. The van der Waals surface area contributed by atoms with Gasteiger partial charge in [0.2, 0.25) is 0 Å². The molecule has 0 aliphatic carbocycles. The Hall–Kier alpha value is 0.0900. The Balaban J connectivity index is 3.03. The molecule has 0 aromatic heterocycles. The van der Waals surface area contributed by atoms with Gasteiger partial charge in [-0.1, -0.05) is 24.8 Å². The molecule has 0 rings (SSSR count). The van der Waals surface area contributed by atoms with E-state index in [1.807, 2.05) is 26.0 Å². The van der Waals surface area contributed by atoms with Gasteiger partial charge in [0.05, 0.1) is 0 Å². The zero-order valence-corrected chi connectivity index (χ0v) is 4.96. The Bertz CT molecular complexity index is 45.9. The third kappa shape index (κ3) is 4.09. The highest BCUT2D eigenvalue weighted by Gasteiger charge is 1.79. The van der Waals surface area contributed by atoms with Crippen molar-refractivity contribution in [2.45, 2.75) is 19.1 Å². The van der Waals surface area contributed by atoms with Crippen LogP contribution in [0.5, 0.6) is 0 Å². The van der Waals surface area contributed by atoms with Crippen LogP contribution in [0.2, 0.25) is 0 Å². The van der Waals surface area contributed by atoms with E-state index in [0.717, 1.165) is 0 Å². The number of hydrogen-bond donors (Lipinski definition) is 0. The summed E-state index contributed by atoms with van der Waals surface area (Å²) in [6.07, 6.45) is 3.95. The molecule has 0 saturated heterocycles. The van der Waals surface area contributed by atoms with E-state index in [9.17, 15) is 0 Å². The Kier molecular flexibility index (Phi) is 3.34. The van der Waals surface area contributed by atoms with E-state index in [4.69, 9.17) is 12.6 Å². The van der Waals surface area contributed by atoms with Crippen molar-refractivity contribution in [3.63, 3.8) is 0 Å². The fraction of sp³-hybridized carbons (Fsp3) is 0.600. The van der Waals surface area contributed by atoms with Crippen LogP contribution in [0.15, 0.2) is 12.2 Å². The molecule has 0 fully saturated rings. The van der Waals surface area contributed by atoms with Crippen LogP contribution in [0.4, 0.5) is 0 Å². The zero-order chi connectivity index (χ0) is 4.99. The van der Waals surface area contributed by atoms with E-state index in [0.29, 0.717) is 5.25 Å². The summed E-state index contributed by atoms with van der Waals surface area (Å²) in [7, 11) is 0. The normalized spacial score (nSPS) is 15.8. The predicted octanol–water partition coefficient (Wildman–Crippen LogP) is 2.15. The lowest BCUT2D eigenvalue weighted by molar-refractivity contribution is 1.25. The molecule has 1 radical (unpaired) electrons. The van der Waals surface area contributed by atoms with E-state index >= 15 is 0 Å². The quantitative estimate of drug-likeness (QED) is 0.444. The largest absolute Gasteiger partial charge is 0.0905 e. The van der Waals surface area contributed by atoms with Gasteiger partial charge >= 0.3 is 0 Å². The van der Waals surface area contributed by atoms with Crippen molar-refractivity contribution in [2.75, 3.05) is 0 Å². The monoisotopic (exact) mass is 101 g/mol. The maximum Gasteiger partial charge on any atom is 0.0302 e. The Morgan fingerprint density at radius 2 is 2.17 bits per heavy atom. The molecular formula is C5H9S. The summed E-state index contributed by atoms with van der Waals surface area (Å²) in [6, 6.07) is 0. The maximum absolute atomic E-state index is 4.79. The molecule has 0 spiro atoms. The average molecular weight is 101 g/mol. The molecule has 0 nitrogen and oxygen atoms in total. The minimum atomic E-state index is 0.301. The summed E-state index contributed by atoms with van der Waals surface area (Å²) in [5.41, 5.74) is 0. The molecule has 1 unspecified atom stereocenters. The minimum Gasteiger partial charge on any atom is -0.0905 e. The van der Waals surface area contributed by atoms with Crippen molar-refractivity contribution in [1.29, 1.82) is 0 Å². The highest BCUT2D eigenvalue weighted by atomic mass is 32.1. The van der Waals surface area contributed by atoms with E-state index in [-0.39, 0.29) is 0 Å². The Morgan fingerprint density at radius 3 is 2.17 bits per heavy atom. The molecule has 1 atom stereocenters. The van der Waals surface area contributed by atoms with Crippen LogP contribution in [0, 0.1) is 0 Å². The third-order valence-electron chi connectivity index (χ3n) is 0.463. The molecule has 0 heterocycles. The van der Waals surface area contributed by atoms with Crippen LogP contribution in [-0.4, -0.2) is 5.25 Å². The molecule has 35 valence electrons. The minimum absolute atomic E-state index is 0.301. The van der Waals surface area contributed by atoms with Gasteiger partial charge in [-0.2, -0.15) is 0 Å². The first-order valence-corrected chi connectivity index (χ1v) is 2.53. The van der Waals surface area contributed by atoms with Gasteiger partial charge in [-0.3, -0.25) is 0 Å². The van der Waals surface area contributed by atoms with Gasteiger partial charge in [0.15, 0.2) is 0 Å². The average Bonchev–Trinajstić information content (AvgIpc) is 1.35. The summed E-state index contributed by atoms with van der Waals surface area (Å²) in [5, 5.41) is 0.301. The van der Waals surface area contributed by atoms with Crippen LogP contribution in [-0.2, 0) is 0 Å². The van der Waals surface area contributed by atoms with E-state index in [1.54, 1.807) is 0 Å². The van der Waals surface area contributed by atoms with Crippen LogP contribution < -0.4 is 0 Å². The zero-order valence-electron chi connectivity index (χ0n) is 4.14. The summed E-state index contributed by atoms with van der Waals surface area (Å²) >= 11 is 4.79. The van der Waals surface area contributed by atoms with Crippen molar-refractivity contribution in [3.8, 4) is 0 Å². The molecule has 0 aromatic carbocycles. The number of allylic oxidation sites excluding steroid dienone is 1. The van der Waals surface area contributed by atoms with Gasteiger partial charge in [-0.15, -0.1) is 0 Å². The highest BCUT2D eigenvalue weighted by molar-refractivity contribution is 7.81. The van der Waals surface area contributed by atoms with Crippen LogP contribution in [0.1, 0.15) is 13.8 Å². The predicted molar refractivity (Wildman–Crippen MR) is 31.9 cm³/mol. The van der Waals surface area contributed by atoms with E-state index in [1.165, 1.54) is 0 Å². The van der Waals surface area contributed by atoms with Crippen LogP contribution in [0.25, 0.3) is 0 Å². The van der Waals surface area contributed by atoms with Crippen molar-refractivity contribution in [3.05, 3.63) is 12.2 Å². The second-order valence-electron chi connectivity index (χ2n) is 1.23. The molecule has 0 N–H and O–H groups in total. The van der Waals surface area contributed by atoms with Gasteiger partial charge in [-0.25, -0.2) is 0 Å². The summed E-state index contributed by atoms with van der Waals surface area (Å²) in [6.45, 7) is 3.96. The number of hydrogen-bond acceptors (Lipinski definition) is 0. The van der Waals surface area contributed by atoms with Crippen LogP contribution >= 0.6 is 12.6 Å². The fourth-order valence-corrected chi connectivity index (χ4v) is 0.428. The van der Waals surface area contributed by atoms with Crippen molar-refractivity contribution < 1.29 is 0 Å². The van der Waals surface area contributed by atoms with Gasteiger partial charge in [0.1, 0.15) is 0 Å². The lowest BCUT2D eigenvalue weighted by Gasteiger charge is -1.84. The van der Waals surface area contributed by atoms with E-state index in [2.05, 4.69) is 0 Å². The van der Waals surface area contributed by atoms with Gasteiger partial charge in [0.25, 0.3) is 0 Å². The van der Waals surface area contributed by atoms with E-state index < -0.39 is 0 Å². The van der Waals surface area contributed by atoms with Gasteiger partial charge < -0.3 is 0 Å². The molecular weight excluding hydrogens is 92.1 g/mol. The first-order chi connectivity index (χ1) is 2.77. The second kappa shape index (κ2) is 3.29. The summed E-state index contributed by atoms with van der Waals surface area (Å²) in [5.74, 6) is 0.